The number of hydrogen-bond acceptors (Lipinski definition) is 5. The van der Waals surface area contributed by atoms with Crippen molar-refractivity contribution in [3.8, 4) is 11.5 Å². The first kappa shape index (κ1) is 26.4. The lowest BCUT2D eigenvalue weighted by Crippen LogP contribution is -2.31. The minimum absolute atomic E-state index is 0.0459. The van der Waals surface area contributed by atoms with Gasteiger partial charge >= 0.3 is 0 Å². The van der Waals surface area contributed by atoms with Gasteiger partial charge in [-0.1, -0.05) is 72.8 Å². The van der Waals surface area contributed by atoms with Gasteiger partial charge in [0.15, 0.2) is 0 Å². The van der Waals surface area contributed by atoms with Crippen molar-refractivity contribution < 1.29 is 24.2 Å². The van der Waals surface area contributed by atoms with Gasteiger partial charge in [0.1, 0.15) is 30.0 Å². The van der Waals surface area contributed by atoms with Gasteiger partial charge < -0.3 is 19.5 Å². The highest BCUT2D eigenvalue weighted by atomic mass is 16.5. The summed E-state index contributed by atoms with van der Waals surface area (Å²) in [7, 11) is 0. The number of hydrogen-bond donors (Lipinski definition) is 1. The third-order valence-corrected chi connectivity index (χ3v) is 7.62. The quantitative estimate of drug-likeness (QED) is 0.161. The molecule has 1 fully saturated rings. The van der Waals surface area contributed by atoms with Crippen LogP contribution >= 0.6 is 0 Å². The molecule has 0 unspecified atom stereocenters. The maximum atomic E-state index is 13.5. The summed E-state index contributed by atoms with van der Waals surface area (Å²) < 4.78 is 11.9. The van der Waals surface area contributed by atoms with Gasteiger partial charge in [-0.05, 0) is 65.9 Å². The van der Waals surface area contributed by atoms with Crippen LogP contribution in [0.15, 0.2) is 109 Å². The van der Waals surface area contributed by atoms with E-state index < -0.39 is 17.7 Å². The summed E-state index contributed by atoms with van der Waals surface area (Å²) in [6.07, 6.45) is 1.33. The summed E-state index contributed by atoms with van der Waals surface area (Å²) in [6, 6.07) is 31.7. The molecule has 206 valence electrons. The van der Waals surface area contributed by atoms with Crippen LogP contribution in [0.1, 0.15) is 40.8 Å². The predicted octanol–water partition coefficient (Wildman–Crippen LogP) is 6.25. The smallest absolute Gasteiger partial charge is 0.295 e. The van der Waals surface area contributed by atoms with Crippen molar-refractivity contribution >= 4 is 17.4 Å². The largest absolute Gasteiger partial charge is 0.507 e. The molecule has 1 amide bonds. The molecule has 2 aliphatic rings. The third-order valence-electron chi connectivity index (χ3n) is 7.62. The van der Waals surface area contributed by atoms with E-state index in [2.05, 4.69) is 0 Å². The van der Waals surface area contributed by atoms with E-state index in [1.807, 2.05) is 104 Å². The summed E-state index contributed by atoms with van der Waals surface area (Å²) in [5.41, 5.74) is 4.32. The SMILES string of the molecule is C[C@@H]1Cc2cc(C(O)=C3C(=O)C(=O)N(CCc4ccccc4)[C@@H]3c3cccc(OCc4ccccc4)c3)ccc2O1. The number of ether oxygens (including phenoxy) is 2. The summed E-state index contributed by atoms with van der Waals surface area (Å²) in [5.74, 6) is -0.114. The second kappa shape index (κ2) is 11.3. The van der Waals surface area contributed by atoms with Gasteiger partial charge in [-0.3, -0.25) is 9.59 Å². The van der Waals surface area contributed by atoms with Gasteiger partial charge in [-0.2, -0.15) is 0 Å². The molecule has 0 bridgehead atoms. The molecule has 4 aromatic carbocycles. The molecule has 1 N–H and O–H groups in total. The van der Waals surface area contributed by atoms with Crippen LogP contribution < -0.4 is 9.47 Å². The van der Waals surface area contributed by atoms with Gasteiger partial charge in [0.2, 0.25) is 0 Å². The Kier molecular flexibility index (Phi) is 7.30. The number of ketones is 1. The molecule has 0 saturated carbocycles. The van der Waals surface area contributed by atoms with Crippen LogP contribution in [0, 0.1) is 0 Å². The van der Waals surface area contributed by atoms with Crippen molar-refractivity contribution in [3.63, 3.8) is 0 Å². The number of carbonyl (C=O) groups is 2. The molecular formula is C35H31NO5. The lowest BCUT2D eigenvalue weighted by atomic mass is 9.94. The Morgan fingerprint density at radius 1 is 0.902 bits per heavy atom. The molecule has 6 heteroatoms. The second-order valence-corrected chi connectivity index (χ2v) is 10.5. The number of fused-ring (bicyclic) bond motifs is 1. The zero-order valence-electron chi connectivity index (χ0n) is 22.8. The molecule has 6 nitrogen and oxygen atoms in total. The third kappa shape index (κ3) is 5.46. The maximum Gasteiger partial charge on any atom is 0.295 e. The Labute approximate surface area is 239 Å². The topological polar surface area (TPSA) is 76.1 Å². The first-order valence-electron chi connectivity index (χ1n) is 13.9. The standard InChI is InChI=1S/C35H31NO5/c1-23-19-28-20-27(15-16-30(28)41-23)33(37)31-32(36(35(39)34(31)38)18-17-24-9-4-2-5-10-24)26-13-8-14-29(21-26)40-22-25-11-6-3-7-12-25/h2-16,20-21,23,32,37H,17-19,22H2,1H3/t23-,32-/m1/s1. The van der Waals surface area contributed by atoms with Gasteiger partial charge in [0, 0.05) is 18.5 Å². The maximum absolute atomic E-state index is 13.5. The summed E-state index contributed by atoms with van der Waals surface area (Å²) in [4.78, 5) is 28.6. The van der Waals surface area contributed by atoms with Crippen LogP contribution in [0.2, 0.25) is 0 Å². The molecule has 6 rings (SSSR count). The highest BCUT2D eigenvalue weighted by Gasteiger charge is 2.46. The Morgan fingerprint density at radius 3 is 2.39 bits per heavy atom. The van der Waals surface area contributed by atoms with Crippen molar-refractivity contribution in [1.29, 1.82) is 0 Å². The van der Waals surface area contributed by atoms with E-state index in [4.69, 9.17) is 9.47 Å². The van der Waals surface area contributed by atoms with E-state index in [-0.39, 0.29) is 17.4 Å². The van der Waals surface area contributed by atoms with Gasteiger partial charge in [0.25, 0.3) is 11.7 Å². The van der Waals surface area contributed by atoms with Crippen LogP contribution in [0.4, 0.5) is 0 Å². The number of aliphatic hydroxyl groups is 1. The van der Waals surface area contributed by atoms with E-state index in [0.29, 0.717) is 42.9 Å². The van der Waals surface area contributed by atoms with Crippen molar-refractivity contribution in [2.45, 2.75) is 38.5 Å². The molecule has 2 atom stereocenters. The second-order valence-electron chi connectivity index (χ2n) is 10.5. The van der Waals surface area contributed by atoms with Gasteiger partial charge in [0.05, 0.1) is 11.6 Å². The molecule has 4 aromatic rings. The first-order chi connectivity index (χ1) is 20.0. The van der Waals surface area contributed by atoms with Crippen LogP contribution in [-0.4, -0.2) is 34.3 Å². The predicted molar refractivity (Wildman–Crippen MR) is 157 cm³/mol. The first-order valence-corrected chi connectivity index (χ1v) is 13.9. The van der Waals surface area contributed by atoms with E-state index in [0.717, 1.165) is 22.4 Å². The normalized spacial score (nSPS) is 19.2. The zero-order chi connectivity index (χ0) is 28.3. The molecule has 0 radical (unpaired) electrons. The van der Waals surface area contributed by atoms with Crippen LogP contribution in [0.25, 0.3) is 5.76 Å². The number of nitrogens with zero attached hydrogens (tertiary/aromatic N) is 1. The molecule has 0 aliphatic carbocycles. The fourth-order valence-corrected chi connectivity index (χ4v) is 5.59. The fraction of sp³-hybridized carbons (Fsp3) is 0.200. The summed E-state index contributed by atoms with van der Waals surface area (Å²) >= 11 is 0. The van der Waals surface area contributed by atoms with Crippen molar-refractivity contribution in [1.82, 2.24) is 4.90 Å². The molecular weight excluding hydrogens is 514 g/mol. The number of rotatable bonds is 8. The molecule has 0 aromatic heterocycles. The van der Waals surface area contributed by atoms with Crippen LogP contribution in [-0.2, 0) is 29.0 Å². The summed E-state index contributed by atoms with van der Waals surface area (Å²) in [5, 5.41) is 11.6. The Hall–Kier alpha value is -4.84. The lowest BCUT2D eigenvalue weighted by molar-refractivity contribution is -0.139. The Bertz CT molecular complexity index is 1610. The van der Waals surface area contributed by atoms with Crippen LogP contribution in [0.5, 0.6) is 11.5 Å². The minimum Gasteiger partial charge on any atom is -0.507 e. The van der Waals surface area contributed by atoms with E-state index in [1.54, 1.807) is 11.0 Å². The number of likely N-dealkylation sites (tertiary alicyclic amines) is 1. The Balaban J connectivity index is 1.38. The van der Waals surface area contributed by atoms with Gasteiger partial charge in [-0.15, -0.1) is 0 Å². The molecule has 0 spiro atoms. The van der Waals surface area contributed by atoms with Crippen LogP contribution in [0.3, 0.4) is 0 Å². The average molecular weight is 546 g/mol. The number of carbonyl (C=O) groups excluding carboxylic acids is 2. The van der Waals surface area contributed by atoms with E-state index in [1.165, 1.54) is 0 Å². The number of Topliss-reactive ketones (excluding diaryl/α,β-unsaturated/α-hetero) is 1. The highest BCUT2D eigenvalue weighted by molar-refractivity contribution is 6.46. The van der Waals surface area contributed by atoms with Crippen molar-refractivity contribution in [3.05, 3.63) is 137 Å². The van der Waals surface area contributed by atoms with Crippen molar-refractivity contribution in [2.75, 3.05) is 6.54 Å². The molecule has 2 aliphatic heterocycles. The van der Waals surface area contributed by atoms with E-state index >= 15 is 0 Å². The Morgan fingerprint density at radius 2 is 1.63 bits per heavy atom. The van der Waals surface area contributed by atoms with Gasteiger partial charge in [-0.25, -0.2) is 0 Å². The average Bonchev–Trinajstić information content (AvgIpc) is 3.50. The van der Waals surface area contributed by atoms with E-state index in [9.17, 15) is 14.7 Å². The zero-order valence-corrected chi connectivity index (χ0v) is 22.8. The lowest BCUT2D eigenvalue weighted by Gasteiger charge is -2.26. The number of benzene rings is 4. The molecule has 1 saturated heterocycles. The van der Waals surface area contributed by atoms with Crippen molar-refractivity contribution in [2.24, 2.45) is 0 Å². The minimum atomic E-state index is -0.762. The highest BCUT2D eigenvalue weighted by Crippen LogP contribution is 2.41. The molecule has 41 heavy (non-hydrogen) atoms. The number of amides is 1. The fourth-order valence-electron chi connectivity index (χ4n) is 5.59. The summed E-state index contributed by atoms with van der Waals surface area (Å²) in [6.45, 7) is 2.69. The molecule has 2 heterocycles. The number of aliphatic hydroxyl groups excluding tert-OH is 1. The monoisotopic (exact) mass is 545 g/mol.